The van der Waals surface area contributed by atoms with Crippen LogP contribution in [0.25, 0.3) is 5.78 Å². The molecule has 0 saturated carbocycles. The van der Waals surface area contributed by atoms with Crippen molar-refractivity contribution in [2.75, 3.05) is 12.1 Å². The molecular weight excluding hydrogens is 318 g/mol. The van der Waals surface area contributed by atoms with Crippen LogP contribution in [-0.4, -0.2) is 37.5 Å². The molecule has 0 unspecified atom stereocenters. The minimum Gasteiger partial charge on any atom is -0.477 e. The molecular formula is C14H11N5O5. The topological polar surface area (TPSA) is 131 Å². The van der Waals surface area contributed by atoms with Crippen molar-refractivity contribution >= 4 is 17.7 Å². The lowest BCUT2D eigenvalue weighted by atomic mass is 10.2. The third-order valence-electron chi connectivity index (χ3n) is 3.50. The molecule has 0 saturated heterocycles. The first-order valence-corrected chi connectivity index (χ1v) is 6.95. The maximum Gasteiger partial charge on any atom is 0.343 e. The van der Waals surface area contributed by atoms with Crippen LogP contribution in [0.15, 0.2) is 29.2 Å². The number of carboxylic acid groups (broad SMARTS) is 1. The summed E-state index contributed by atoms with van der Waals surface area (Å²) in [5, 5.41) is 14.6. The molecule has 122 valence electrons. The van der Waals surface area contributed by atoms with Crippen LogP contribution in [0.1, 0.15) is 15.9 Å². The highest BCUT2D eigenvalue weighted by molar-refractivity contribution is 5.86. The molecule has 4 rings (SSSR count). The molecule has 0 aliphatic carbocycles. The van der Waals surface area contributed by atoms with Gasteiger partial charge < -0.3 is 19.9 Å². The quantitative estimate of drug-likeness (QED) is 0.629. The second-order valence-corrected chi connectivity index (χ2v) is 5.03. The Bertz CT molecular complexity index is 1010. The molecule has 1 aliphatic rings. The number of carbonyl (C=O) groups is 1. The van der Waals surface area contributed by atoms with Crippen LogP contribution in [0, 0.1) is 0 Å². The smallest absolute Gasteiger partial charge is 0.343 e. The number of rotatable bonds is 4. The number of aromatic carboxylic acids is 1. The minimum atomic E-state index is -1.34. The Balaban J connectivity index is 1.58. The van der Waals surface area contributed by atoms with Gasteiger partial charge in [0.15, 0.2) is 11.5 Å². The van der Waals surface area contributed by atoms with Crippen LogP contribution in [-0.2, 0) is 6.54 Å². The molecule has 0 spiro atoms. The van der Waals surface area contributed by atoms with E-state index >= 15 is 0 Å². The van der Waals surface area contributed by atoms with Gasteiger partial charge in [0.1, 0.15) is 5.56 Å². The number of hydrogen-bond donors (Lipinski definition) is 3. The second-order valence-electron chi connectivity index (χ2n) is 5.03. The molecule has 1 aromatic carbocycles. The van der Waals surface area contributed by atoms with Crippen LogP contribution in [0.5, 0.6) is 11.5 Å². The first-order valence-electron chi connectivity index (χ1n) is 6.95. The number of hydrogen-bond acceptors (Lipinski definition) is 7. The molecule has 3 heterocycles. The summed E-state index contributed by atoms with van der Waals surface area (Å²) in [6, 6.07) is 5.52. The van der Waals surface area contributed by atoms with Crippen LogP contribution >= 0.6 is 0 Å². The van der Waals surface area contributed by atoms with E-state index in [9.17, 15) is 9.59 Å². The Morgan fingerprint density at radius 1 is 1.38 bits per heavy atom. The predicted octanol–water partition coefficient (Wildman–Crippen LogP) is 0.457. The van der Waals surface area contributed by atoms with Gasteiger partial charge in [0.2, 0.25) is 12.7 Å². The highest BCUT2D eigenvalue weighted by Crippen LogP contribution is 2.32. The van der Waals surface area contributed by atoms with Gasteiger partial charge in [-0.25, -0.2) is 9.78 Å². The van der Waals surface area contributed by atoms with E-state index in [2.05, 4.69) is 20.4 Å². The fourth-order valence-electron chi connectivity index (χ4n) is 2.32. The number of carboxylic acids is 1. The molecule has 0 atom stereocenters. The summed E-state index contributed by atoms with van der Waals surface area (Å²) in [7, 11) is 0. The number of H-pyrrole nitrogens is 1. The Labute approximate surface area is 133 Å². The lowest BCUT2D eigenvalue weighted by Crippen LogP contribution is -2.23. The van der Waals surface area contributed by atoms with Crippen molar-refractivity contribution in [1.82, 2.24) is 19.6 Å². The summed E-state index contributed by atoms with van der Waals surface area (Å²) in [6.45, 7) is 0.618. The van der Waals surface area contributed by atoms with Gasteiger partial charge >= 0.3 is 5.97 Å². The number of nitrogens with one attached hydrogen (secondary N) is 2. The van der Waals surface area contributed by atoms with E-state index in [4.69, 9.17) is 14.6 Å². The van der Waals surface area contributed by atoms with Crippen molar-refractivity contribution in [3.63, 3.8) is 0 Å². The number of nitrogens with zero attached hydrogens (tertiary/aromatic N) is 3. The number of anilines is 1. The summed E-state index contributed by atoms with van der Waals surface area (Å²) in [5.41, 5.74) is -0.235. The van der Waals surface area contributed by atoms with Gasteiger partial charge in [0, 0.05) is 6.54 Å². The van der Waals surface area contributed by atoms with Gasteiger partial charge in [0.05, 0.1) is 6.20 Å². The van der Waals surface area contributed by atoms with Crippen molar-refractivity contribution in [3.8, 4) is 11.5 Å². The van der Waals surface area contributed by atoms with Gasteiger partial charge in [-0.1, -0.05) is 6.07 Å². The number of benzene rings is 1. The Morgan fingerprint density at radius 2 is 2.21 bits per heavy atom. The number of fused-ring (bicyclic) bond motifs is 2. The Hall–Kier alpha value is -3.56. The standard InChI is InChI=1S/C14H11N5O5/c20-11-8(12(21)22)5-16-14-17-13(18-19(11)14)15-4-7-1-2-9-10(3-7)24-6-23-9/h1-3,5H,4,6H2,(H,21,22)(H2,15,16,17,18). The molecule has 0 bridgehead atoms. The fourth-order valence-corrected chi connectivity index (χ4v) is 2.32. The van der Waals surface area contributed by atoms with Crippen LogP contribution in [0.3, 0.4) is 0 Å². The summed E-state index contributed by atoms with van der Waals surface area (Å²) >= 11 is 0. The van der Waals surface area contributed by atoms with E-state index in [0.29, 0.717) is 24.0 Å². The second kappa shape index (κ2) is 5.26. The Morgan fingerprint density at radius 3 is 3.04 bits per heavy atom. The van der Waals surface area contributed by atoms with Crippen LogP contribution in [0.2, 0.25) is 0 Å². The molecule has 1 aliphatic heterocycles. The largest absolute Gasteiger partial charge is 0.477 e. The van der Waals surface area contributed by atoms with Crippen molar-refractivity contribution in [2.24, 2.45) is 0 Å². The van der Waals surface area contributed by atoms with E-state index in [0.717, 1.165) is 16.3 Å². The number of aromatic amines is 1. The highest BCUT2D eigenvalue weighted by atomic mass is 16.7. The molecule has 10 heteroatoms. The first-order chi connectivity index (χ1) is 11.6. The molecule has 0 fully saturated rings. The van der Waals surface area contributed by atoms with E-state index in [1.807, 2.05) is 18.2 Å². The van der Waals surface area contributed by atoms with Gasteiger partial charge in [-0.2, -0.15) is 9.50 Å². The third kappa shape index (κ3) is 2.29. The summed E-state index contributed by atoms with van der Waals surface area (Å²) in [4.78, 5) is 30.9. The van der Waals surface area contributed by atoms with Crippen molar-refractivity contribution < 1.29 is 19.4 Å². The van der Waals surface area contributed by atoms with Crippen molar-refractivity contribution in [1.29, 1.82) is 0 Å². The summed E-state index contributed by atoms with van der Waals surface area (Å²) < 4.78 is 11.5. The van der Waals surface area contributed by atoms with Gasteiger partial charge in [0.25, 0.3) is 11.3 Å². The zero-order valence-corrected chi connectivity index (χ0v) is 12.1. The monoisotopic (exact) mass is 329 g/mol. The van der Waals surface area contributed by atoms with E-state index in [-0.39, 0.29) is 12.6 Å². The van der Waals surface area contributed by atoms with Gasteiger partial charge in [-0.15, -0.1) is 0 Å². The predicted molar refractivity (Wildman–Crippen MR) is 80.5 cm³/mol. The first kappa shape index (κ1) is 14.1. The average Bonchev–Trinajstić information content (AvgIpc) is 3.19. The molecule has 0 radical (unpaired) electrons. The van der Waals surface area contributed by atoms with Gasteiger partial charge in [-0.3, -0.25) is 9.89 Å². The maximum absolute atomic E-state index is 12.0. The van der Waals surface area contributed by atoms with E-state index in [1.165, 1.54) is 0 Å². The minimum absolute atomic E-state index is 0.0817. The maximum atomic E-state index is 12.0. The fraction of sp³-hybridized carbons (Fsp3) is 0.143. The van der Waals surface area contributed by atoms with E-state index in [1.54, 1.807) is 0 Å². The highest BCUT2D eigenvalue weighted by Gasteiger charge is 2.15. The number of ether oxygens (including phenoxy) is 2. The SMILES string of the molecule is O=C(O)c1cnc2nc(NCc3ccc4c(c3)OCO4)[nH]n2c1=O. The summed E-state index contributed by atoms with van der Waals surface area (Å²) in [5.74, 6) is 0.395. The Kier molecular flexibility index (Phi) is 3.08. The molecule has 24 heavy (non-hydrogen) atoms. The summed E-state index contributed by atoms with van der Waals surface area (Å²) in [6.07, 6.45) is 0.989. The number of aromatic nitrogens is 4. The van der Waals surface area contributed by atoms with Crippen molar-refractivity contribution in [3.05, 3.63) is 45.9 Å². The van der Waals surface area contributed by atoms with Crippen LogP contribution < -0.4 is 20.3 Å². The molecule has 3 aromatic rings. The average molecular weight is 329 g/mol. The lowest BCUT2D eigenvalue weighted by Gasteiger charge is -2.03. The molecule has 0 amide bonds. The lowest BCUT2D eigenvalue weighted by molar-refractivity contribution is 0.0694. The zero-order chi connectivity index (χ0) is 16.7. The molecule has 2 aromatic heterocycles. The third-order valence-corrected chi connectivity index (χ3v) is 3.50. The van der Waals surface area contributed by atoms with E-state index < -0.39 is 17.1 Å². The molecule has 3 N–H and O–H groups in total. The van der Waals surface area contributed by atoms with Gasteiger partial charge in [-0.05, 0) is 17.7 Å². The molecule has 10 nitrogen and oxygen atoms in total. The normalized spacial score (nSPS) is 12.5. The van der Waals surface area contributed by atoms with Crippen molar-refractivity contribution in [2.45, 2.75) is 6.54 Å². The van der Waals surface area contributed by atoms with Crippen LogP contribution in [0.4, 0.5) is 5.95 Å². The zero-order valence-electron chi connectivity index (χ0n) is 12.1.